The standard InChI is InChI=1S/C15H11F2N3/c1-8-2-4-12(17)10(6-8)15-19-13-5-3-9(16)7-11(13)14(18)20-15/h2-7H,1H3,(H2,18,19,20). The molecule has 0 saturated heterocycles. The quantitative estimate of drug-likeness (QED) is 0.737. The zero-order valence-corrected chi connectivity index (χ0v) is 10.7. The molecule has 2 aromatic carbocycles. The van der Waals surface area contributed by atoms with Gasteiger partial charge in [0.2, 0.25) is 0 Å². The van der Waals surface area contributed by atoms with Gasteiger partial charge in [-0.1, -0.05) is 11.6 Å². The number of hydrogen-bond donors (Lipinski definition) is 1. The van der Waals surface area contributed by atoms with Gasteiger partial charge in [0.1, 0.15) is 17.5 Å². The topological polar surface area (TPSA) is 51.8 Å². The van der Waals surface area contributed by atoms with Gasteiger partial charge in [0.15, 0.2) is 5.82 Å². The number of nitrogens with two attached hydrogens (primary N) is 1. The lowest BCUT2D eigenvalue weighted by Crippen LogP contribution is -1.99. The highest BCUT2D eigenvalue weighted by molar-refractivity contribution is 5.89. The van der Waals surface area contributed by atoms with Gasteiger partial charge in [0.05, 0.1) is 11.1 Å². The van der Waals surface area contributed by atoms with Crippen LogP contribution in [0.3, 0.4) is 0 Å². The van der Waals surface area contributed by atoms with E-state index in [1.807, 2.05) is 6.92 Å². The number of aromatic nitrogens is 2. The predicted molar refractivity (Wildman–Crippen MR) is 74.0 cm³/mol. The second-order valence-corrected chi connectivity index (χ2v) is 4.58. The average molecular weight is 271 g/mol. The van der Waals surface area contributed by atoms with Crippen molar-refractivity contribution in [3.63, 3.8) is 0 Å². The largest absolute Gasteiger partial charge is 0.383 e. The molecule has 0 spiro atoms. The Labute approximate surface area is 114 Å². The van der Waals surface area contributed by atoms with Crippen LogP contribution in [0.1, 0.15) is 5.56 Å². The Morgan fingerprint density at radius 2 is 1.80 bits per heavy atom. The number of aryl methyl sites for hydroxylation is 1. The summed E-state index contributed by atoms with van der Waals surface area (Å²) < 4.78 is 27.1. The van der Waals surface area contributed by atoms with Gasteiger partial charge in [0, 0.05) is 5.39 Å². The molecule has 3 nitrogen and oxygen atoms in total. The summed E-state index contributed by atoms with van der Waals surface area (Å²) in [5.41, 5.74) is 7.46. The smallest absolute Gasteiger partial charge is 0.165 e. The predicted octanol–water partition coefficient (Wildman–Crippen LogP) is 3.47. The van der Waals surface area contributed by atoms with Gasteiger partial charge in [-0.3, -0.25) is 0 Å². The lowest BCUT2D eigenvalue weighted by atomic mass is 10.1. The van der Waals surface area contributed by atoms with Gasteiger partial charge in [-0.2, -0.15) is 0 Å². The Hall–Kier alpha value is -2.56. The summed E-state index contributed by atoms with van der Waals surface area (Å²) in [6, 6.07) is 8.73. The van der Waals surface area contributed by atoms with Crippen LogP contribution in [-0.4, -0.2) is 9.97 Å². The lowest BCUT2D eigenvalue weighted by Gasteiger charge is -2.07. The van der Waals surface area contributed by atoms with Crippen LogP contribution in [0.25, 0.3) is 22.3 Å². The molecule has 1 aromatic heterocycles. The van der Waals surface area contributed by atoms with E-state index in [9.17, 15) is 8.78 Å². The van der Waals surface area contributed by atoms with Crippen LogP contribution in [-0.2, 0) is 0 Å². The number of nitrogens with zero attached hydrogens (tertiary/aromatic N) is 2. The summed E-state index contributed by atoms with van der Waals surface area (Å²) in [6.07, 6.45) is 0. The monoisotopic (exact) mass is 271 g/mol. The van der Waals surface area contributed by atoms with Gasteiger partial charge >= 0.3 is 0 Å². The summed E-state index contributed by atoms with van der Waals surface area (Å²) in [5.74, 6) is -0.507. The molecular weight excluding hydrogens is 260 g/mol. The first kappa shape index (κ1) is 12.5. The summed E-state index contributed by atoms with van der Waals surface area (Å²) in [7, 11) is 0. The van der Waals surface area contributed by atoms with Crippen LogP contribution in [0.15, 0.2) is 36.4 Å². The highest BCUT2D eigenvalue weighted by atomic mass is 19.1. The molecule has 0 unspecified atom stereocenters. The zero-order chi connectivity index (χ0) is 14.3. The Morgan fingerprint density at radius 1 is 1.00 bits per heavy atom. The Morgan fingerprint density at radius 3 is 2.60 bits per heavy atom. The molecule has 0 amide bonds. The van der Waals surface area contributed by atoms with Gasteiger partial charge < -0.3 is 5.73 Å². The van der Waals surface area contributed by atoms with Gasteiger partial charge in [-0.05, 0) is 37.3 Å². The van der Waals surface area contributed by atoms with Crippen molar-refractivity contribution in [3.8, 4) is 11.4 Å². The molecule has 1 heterocycles. The first-order valence-corrected chi connectivity index (χ1v) is 6.04. The van der Waals surface area contributed by atoms with Gasteiger partial charge in [0.25, 0.3) is 0 Å². The highest BCUT2D eigenvalue weighted by Gasteiger charge is 2.12. The fourth-order valence-electron chi connectivity index (χ4n) is 2.06. The number of benzene rings is 2. The molecule has 0 radical (unpaired) electrons. The van der Waals surface area contributed by atoms with Gasteiger partial charge in [-0.15, -0.1) is 0 Å². The van der Waals surface area contributed by atoms with E-state index in [0.29, 0.717) is 10.9 Å². The summed E-state index contributed by atoms with van der Waals surface area (Å²) in [5, 5.41) is 0.418. The van der Waals surface area contributed by atoms with Crippen LogP contribution in [0.2, 0.25) is 0 Å². The minimum absolute atomic E-state index is 0.130. The van der Waals surface area contributed by atoms with E-state index in [0.717, 1.165) is 5.56 Å². The Kier molecular flexibility index (Phi) is 2.82. The van der Waals surface area contributed by atoms with Crippen molar-refractivity contribution in [2.75, 3.05) is 5.73 Å². The minimum Gasteiger partial charge on any atom is -0.383 e. The van der Waals surface area contributed by atoms with Crippen LogP contribution >= 0.6 is 0 Å². The van der Waals surface area contributed by atoms with E-state index in [1.54, 1.807) is 12.1 Å². The molecule has 20 heavy (non-hydrogen) atoms. The Bertz CT molecular complexity index is 816. The maximum Gasteiger partial charge on any atom is 0.165 e. The lowest BCUT2D eigenvalue weighted by molar-refractivity contribution is 0.628. The van der Waals surface area contributed by atoms with E-state index in [1.165, 1.54) is 24.3 Å². The maximum absolute atomic E-state index is 13.9. The molecule has 5 heteroatoms. The number of anilines is 1. The minimum atomic E-state index is -0.420. The van der Waals surface area contributed by atoms with E-state index >= 15 is 0 Å². The number of fused-ring (bicyclic) bond motifs is 1. The molecule has 2 N–H and O–H groups in total. The van der Waals surface area contributed by atoms with Crippen molar-refractivity contribution in [1.82, 2.24) is 9.97 Å². The summed E-state index contributed by atoms with van der Waals surface area (Å²) >= 11 is 0. The third-order valence-corrected chi connectivity index (χ3v) is 3.05. The normalized spacial score (nSPS) is 10.9. The van der Waals surface area contributed by atoms with Crippen molar-refractivity contribution in [2.24, 2.45) is 0 Å². The molecule has 0 atom stereocenters. The molecule has 0 aliphatic rings. The highest BCUT2D eigenvalue weighted by Crippen LogP contribution is 2.26. The number of rotatable bonds is 1. The van der Waals surface area contributed by atoms with Gasteiger partial charge in [-0.25, -0.2) is 18.7 Å². The van der Waals surface area contributed by atoms with E-state index in [-0.39, 0.29) is 17.2 Å². The van der Waals surface area contributed by atoms with Crippen molar-refractivity contribution in [1.29, 1.82) is 0 Å². The van der Waals surface area contributed by atoms with Crippen molar-refractivity contribution in [2.45, 2.75) is 6.92 Å². The van der Waals surface area contributed by atoms with Crippen LogP contribution in [0.4, 0.5) is 14.6 Å². The van der Waals surface area contributed by atoms with Crippen LogP contribution in [0, 0.1) is 18.6 Å². The SMILES string of the molecule is Cc1ccc(F)c(-c2nc(N)c3cc(F)ccc3n2)c1. The molecule has 0 fully saturated rings. The van der Waals surface area contributed by atoms with Crippen molar-refractivity contribution < 1.29 is 8.78 Å². The second-order valence-electron chi connectivity index (χ2n) is 4.58. The van der Waals surface area contributed by atoms with Crippen molar-refractivity contribution >= 4 is 16.7 Å². The van der Waals surface area contributed by atoms with Crippen molar-refractivity contribution in [3.05, 3.63) is 53.6 Å². The fourth-order valence-corrected chi connectivity index (χ4v) is 2.06. The average Bonchev–Trinajstić information content (AvgIpc) is 2.42. The molecule has 3 aromatic rings. The number of hydrogen-bond acceptors (Lipinski definition) is 3. The molecule has 0 bridgehead atoms. The van der Waals surface area contributed by atoms with E-state index in [4.69, 9.17) is 5.73 Å². The molecular formula is C15H11F2N3. The molecule has 0 aliphatic carbocycles. The second kappa shape index (κ2) is 4.52. The third-order valence-electron chi connectivity index (χ3n) is 3.05. The van der Waals surface area contributed by atoms with E-state index in [2.05, 4.69) is 9.97 Å². The fraction of sp³-hybridized carbons (Fsp3) is 0.0667. The third kappa shape index (κ3) is 2.07. The number of nitrogen functional groups attached to an aromatic ring is 1. The molecule has 3 rings (SSSR count). The molecule has 100 valence electrons. The first-order chi connectivity index (χ1) is 9.54. The first-order valence-electron chi connectivity index (χ1n) is 6.04. The van der Waals surface area contributed by atoms with E-state index < -0.39 is 11.6 Å². The summed E-state index contributed by atoms with van der Waals surface area (Å²) in [4.78, 5) is 8.33. The zero-order valence-electron chi connectivity index (χ0n) is 10.7. The summed E-state index contributed by atoms with van der Waals surface area (Å²) in [6.45, 7) is 1.85. The Balaban J connectivity index is 2.27. The number of halogens is 2. The van der Waals surface area contributed by atoms with Crippen LogP contribution in [0.5, 0.6) is 0 Å². The molecule has 0 aliphatic heterocycles. The molecule has 0 saturated carbocycles. The van der Waals surface area contributed by atoms with Crippen LogP contribution < -0.4 is 5.73 Å². The maximum atomic E-state index is 13.9.